The molecule has 1 aromatic carbocycles. The molecular formula is C14H16FNO4. The highest BCUT2D eigenvalue weighted by atomic mass is 19.1. The molecule has 1 aliphatic rings. The van der Waals surface area contributed by atoms with Crippen LogP contribution in [0.5, 0.6) is 5.75 Å². The van der Waals surface area contributed by atoms with E-state index in [0.717, 1.165) is 18.9 Å². The van der Waals surface area contributed by atoms with Gasteiger partial charge in [0.1, 0.15) is 11.6 Å². The fourth-order valence-corrected chi connectivity index (χ4v) is 1.61. The zero-order chi connectivity index (χ0) is 14.7. The Balaban J connectivity index is 1.98. The number of ether oxygens (including phenoxy) is 2. The first-order valence-corrected chi connectivity index (χ1v) is 6.36. The molecule has 1 saturated carbocycles. The number of benzene rings is 1. The third-order valence-corrected chi connectivity index (χ3v) is 2.97. The molecule has 0 spiro atoms. The lowest BCUT2D eigenvalue weighted by molar-refractivity contribution is -0.129. The highest BCUT2D eigenvalue weighted by molar-refractivity contribution is 5.92. The van der Waals surface area contributed by atoms with Crippen LogP contribution in [0.15, 0.2) is 18.2 Å². The summed E-state index contributed by atoms with van der Waals surface area (Å²) >= 11 is 0. The van der Waals surface area contributed by atoms with E-state index < -0.39 is 17.9 Å². The summed E-state index contributed by atoms with van der Waals surface area (Å²) in [6.07, 6.45) is 0.934. The van der Waals surface area contributed by atoms with Crippen molar-refractivity contribution in [2.24, 2.45) is 0 Å². The van der Waals surface area contributed by atoms with Crippen molar-refractivity contribution in [1.29, 1.82) is 0 Å². The standard InChI is InChI=1S/C14H16FNO4/c1-8(13(17)16-9-3-4-9)20-14(18)11-6-5-10(19-2)7-12(11)15/h5-9H,3-4H2,1-2H3,(H,16,17)/t8-/m0/s1. The van der Waals surface area contributed by atoms with Gasteiger partial charge in [-0.05, 0) is 31.9 Å². The number of amides is 1. The second-order valence-electron chi connectivity index (χ2n) is 4.68. The molecule has 0 aliphatic heterocycles. The summed E-state index contributed by atoms with van der Waals surface area (Å²) in [6, 6.07) is 3.99. The number of methoxy groups -OCH3 is 1. The number of hydrogen-bond acceptors (Lipinski definition) is 4. The van der Waals surface area contributed by atoms with Crippen LogP contribution in [0.3, 0.4) is 0 Å². The van der Waals surface area contributed by atoms with Gasteiger partial charge < -0.3 is 14.8 Å². The second-order valence-corrected chi connectivity index (χ2v) is 4.68. The number of halogens is 1. The van der Waals surface area contributed by atoms with E-state index in [-0.39, 0.29) is 17.5 Å². The van der Waals surface area contributed by atoms with Gasteiger partial charge in [-0.3, -0.25) is 4.79 Å². The number of hydrogen-bond donors (Lipinski definition) is 1. The third kappa shape index (κ3) is 3.46. The predicted octanol–water partition coefficient (Wildman–Crippen LogP) is 1.66. The van der Waals surface area contributed by atoms with E-state index in [1.165, 1.54) is 26.2 Å². The van der Waals surface area contributed by atoms with Crippen LogP contribution in [-0.4, -0.2) is 31.1 Å². The molecule has 1 fully saturated rings. The summed E-state index contributed by atoms with van der Waals surface area (Å²) in [7, 11) is 1.40. The van der Waals surface area contributed by atoms with Gasteiger partial charge in [-0.25, -0.2) is 9.18 Å². The van der Waals surface area contributed by atoms with Crippen molar-refractivity contribution >= 4 is 11.9 Å². The molecule has 1 aromatic rings. The molecule has 6 heteroatoms. The molecular weight excluding hydrogens is 265 g/mol. The molecule has 5 nitrogen and oxygen atoms in total. The quantitative estimate of drug-likeness (QED) is 0.834. The van der Waals surface area contributed by atoms with E-state index >= 15 is 0 Å². The summed E-state index contributed by atoms with van der Waals surface area (Å²) in [4.78, 5) is 23.4. The molecule has 1 aliphatic carbocycles. The van der Waals surface area contributed by atoms with E-state index in [0.29, 0.717) is 5.75 Å². The maximum absolute atomic E-state index is 13.7. The van der Waals surface area contributed by atoms with Crippen LogP contribution in [0.2, 0.25) is 0 Å². The van der Waals surface area contributed by atoms with E-state index in [9.17, 15) is 14.0 Å². The van der Waals surface area contributed by atoms with Crippen LogP contribution >= 0.6 is 0 Å². The van der Waals surface area contributed by atoms with Crippen LogP contribution in [0.1, 0.15) is 30.1 Å². The van der Waals surface area contributed by atoms with E-state index in [2.05, 4.69) is 5.32 Å². The van der Waals surface area contributed by atoms with E-state index in [4.69, 9.17) is 9.47 Å². The topological polar surface area (TPSA) is 64.6 Å². The monoisotopic (exact) mass is 281 g/mol. The SMILES string of the molecule is COc1ccc(C(=O)O[C@@H](C)C(=O)NC2CC2)c(F)c1. The number of esters is 1. The maximum atomic E-state index is 13.7. The van der Waals surface area contributed by atoms with Crippen molar-refractivity contribution in [2.75, 3.05) is 7.11 Å². The maximum Gasteiger partial charge on any atom is 0.341 e. The molecule has 108 valence electrons. The van der Waals surface area contributed by atoms with Crippen LogP contribution in [0.4, 0.5) is 4.39 Å². The highest BCUT2D eigenvalue weighted by Crippen LogP contribution is 2.20. The molecule has 0 unspecified atom stereocenters. The number of rotatable bonds is 5. The zero-order valence-corrected chi connectivity index (χ0v) is 11.3. The van der Waals surface area contributed by atoms with Crippen molar-refractivity contribution in [3.05, 3.63) is 29.6 Å². The van der Waals surface area contributed by atoms with Gasteiger partial charge in [0.2, 0.25) is 0 Å². The minimum absolute atomic E-state index is 0.182. The van der Waals surface area contributed by atoms with Gasteiger partial charge >= 0.3 is 5.97 Å². The number of nitrogens with one attached hydrogen (secondary N) is 1. The Morgan fingerprint density at radius 1 is 1.40 bits per heavy atom. The molecule has 20 heavy (non-hydrogen) atoms. The van der Waals surface area contributed by atoms with Crippen molar-refractivity contribution in [1.82, 2.24) is 5.32 Å². The molecule has 1 amide bonds. The van der Waals surface area contributed by atoms with Crippen LogP contribution < -0.4 is 10.1 Å². The molecule has 1 N–H and O–H groups in total. The molecule has 0 aromatic heterocycles. The average molecular weight is 281 g/mol. The Morgan fingerprint density at radius 3 is 2.65 bits per heavy atom. The Labute approximate surface area is 116 Å². The van der Waals surface area contributed by atoms with Crippen molar-refractivity contribution in [2.45, 2.75) is 31.9 Å². The molecule has 1 atom stereocenters. The summed E-state index contributed by atoms with van der Waals surface area (Å²) < 4.78 is 23.5. The summed E-state index contributed by atoms with van der Waals surface area (Å²) in [6.45, 7) is 1.46. The Bertz CT molecular complexity index is 528. The number of carbonyl (C=O) groups excluding carboxylic acids is 2. The summed E-state index contributed by atoms with van der Waals surface area (Å²) in [5, 5.41) is 2.71. The minimum atomic E-state index is -0.954. The lowest BCUT2D eigenvalue weighted by Crippen LogP contribution is -2.37. The van der Waals surface area contributed by atoms with Crippen molar-refractivity contribution in [3.8, 4) is 5.75 Å². The molecule has 0 bridgehead atoms. The number of carbonyl (C=O) groups is 2. The normalized spacial score (nSPS) is 15.3. The fourth-order valence-electron chi connectivity index (χ4n) is 1.61. The van der Waals surface area contributed by atoms with Crippen LogP contribution in [0, 0.1) is 5.82 Å². The first kappa shape index (κ1) is 14.3. The Hall–Kier alpha value is -2.11. The van der Waals surface area contributed by atoms with Gasteiger partial charge in [-0.2, -0.15) is 0 Å². The zero-order valence-electron chi connectivity index (χ0n) is 11.3. The minimum Gasteiger partial charge on any atom is -0.497 e. The Morgan fingerprint density at radius 2 is 2.10 bits per heavy atom. The van der Waals surface area contributed by atoms with Gasteiger partial charge in [0.15, 0.2) is 6.10 Å². The first-order valence-electron chi connectivity index (χ1n) is 6.36. The molecule has 0 saturated heterocycles. The van der Waals surface area contributed by atoms with Gasteiger partial charge in [0.05, 0.1) is 12.7 Å². The summed E-state index contributed by atoms with van der Waals surface area (Å²) in [5.41, 5.74) is -0.225. The van der Waals surface area contributed by atoms with Gasteiger partial charge in [0, 0.05) is 12.1 Å². The van der Waals surface area contributed by atoms with Crippen LogP contribution in [0.25, 0.3) is 0 Å². The molecule has 0 heterocycles. The smallest absolute Gasteiger partial charge is 0.341 e. The highest BCUT2D eigenvalue weighted by Gasteiger charge is 2.27. The van der Waals surface area contributed by atoms with E-state index in [1.807, 2.05) is 0 Å². The van der Waals surface area contributed by atoms with Gasteiger partial charge in [0.25, 0.3) is 5.91 Å². The van der Waals surface area contributed by atoms with Crippen molar-refractivity contribution < 1.29 is 23.5 Å². The fraction of sp³-hybridized carbons (Fsp3) is 0.429. The van der Waals surface area contributed by atoms with E-state index in [1.54, 1.807) is 0 Å². The third-order valence-electron chi connectivity index (χ3n) is 2.97. The van der Waals surface area contributed by atoms with Gasteiger partial charge in [-0.1, -0.05) is 0 Å². The van der Waals surface area contributed by atoms with Gasteiger partial charge in [-0.15, -0.1) is 0 Å². The first-order chi connectivity index (χ1) is 9.51. The van der Waals surface area contributed by atoms with Crippen LogP contribution in [-0.2, 0) is 9.53 Å². The summed E-state index contributed by atoms with van der Waals surface area (Å²) in [5.74, 6) is -1.68. The lowest BCUT2D eigenvalue weighted by Gasteiger charge is -2.13. The van der Waals surface area contributed by atoms with Crippen molar-refractivity contribution in [3.63, 3.8) is 0 Å². The largest absolute Gasteiger partial charge is 0.497 e. The molecule has 2 rings (SSSR count). The predicted molar refractivity (Wildman–Crippen MR) is 69.0 cm³/mol. The molecule has 0 radical (unpaired) electrons. The lowest BCUT2D eigenvalue weighted by atomic mass is 10.2. The Kier molecular flexibility index (Phi) is 4.22. The second kappa shape index (κ2) is 5.90. The average Bonchev–Trinajstić information content (AvgIpc) is 3.22.